The lowest BCUT2D eigenvalue weighted by molar-refractivity contribution is 1.60. The molecule has 16 heavy (non-hydrogen) atoms. The largest absolute Gasteiger partial charge is 0.143 e. The summed E-state index contributed by atoms with van der Waals surface area (Å²) in [5, 5.41) is 5.75. The van der Waals surface area contributed by atoms with E-state index in [0.717, 1.165) is 0 Å². The van der Waals surface area contributed by atoms with Gasteiger partial charge >= 0.3 is 0 Å². The Hall–Kier alpha value is -0.643. The monoisotopic (exact) mass is 260 g/mol. The van der Waals surface area contributed by atoms with E-state index in [0.29, 0.717) is 0 Å². The van der Waals surface area contributed by atoms with Crippen molar-refractivity contribution in [2.75, 3.05) is 0 Å². The van der Waals surface area contributed by atoms with Crippen LogP contribution in [0.25, 0.3) is 9.75 Å². The Kier molecular flexibility index (Phi) is 1.74. The third-order valence-electron chi connectivity index (χ3n) is 3.86. The number of fused-ring (bicyclic) bond motifs is 5. The van der Waals surface area contributed by atoms with Crippen LogP contribution in [0.3, 0.4) is 0 Å². The summed E-state index contributed by atoms with van der Waals surface area (Å²) in [6.45, 7) is 2.25. The van der Waals surface area contributed by atoms with Gasteiger partial charge in [0, 0.05) is 14.6 Å². The molecule has 2 aliphatic heterocycles. The van der Waals surface area contributed by atoms with E-state index in [4.69, 9.17) is 0 Å². The fourth-order valence-corrected chi connectivity index (χ4v) is 11.4. The lowest BCUT2D eigenvalue weighted by Gasteiger charge is -2.21. The average Bonchev–Trinajstić information content (AvgIpc) is 2.95. The minimum atomic E-state index is -1.33. The topological polar surface area (TPSA) is 0 Å². The van der Waals surface area contributed by atoms with Crippen LogP contribution in [-0.2, 0) is 0 Å². The molecule has 2 aliphatic rings. The zero-order chi connectivity index (χ0) is 10.8. The Bertz CT molecular complexity index is 595. The fourth-order valence-electron chi connectivity index (χ4n) is 3.14. The summed E-state index contributed by atoms with van der Waals surface area (Å²) in [5.41, 5.74) is 0. The smallest absolute Gasteiger partial charge is 0.129 e. The summed E-state index contributed by atoms with van der Waals surface area (Å²) in [6.07, 6.45) is 4.82. The van der Waals surface area contributed by atoms with Crippen LogP contribution in [0.4, 0.5) is 0 Å². The highest BCUT2D eigenvalue weighted by atomic mass is 32.1. The van der Waals surface area contributed by atoms with Crippen molar-refractivity contribution in [3.05, 3.63) is 34.5 Å². The van der Waals surface area contributed by atoms with Crippen molar-refractivity contribution in [2.24, 2.45) is 0 Å². The van der Waals surface area contributed by atoms with Crippen LogP contribution in [0.1, 0.15) is 4.88 Å². The molecule has 0 N–H and O–H groups in total. The van der Waals surface area contributed by atoms with Gasteiger partial charge in [-0.05, 0) is 40.8 Å². The molecule has 80 valence electrons. The molecule has 0 fully saturated rings. The van der Waals surface area contributed by atoms with Crippen LogP contribution in [0, 0.1) is 6.92 Å². The number of thiophene rings is 2. The Labute approximate surface area is 104 Å². The molecule has 4 heterocycles. The first-order chi connectivity index (χ1) is 7.81. The first-order valence-electron chi connectivity index (χ1n) is 5.65. The van der Waals surface area contributed by atoms with Gasteiger partial charge in [-0.15, -0.1) is 22.7 Å². The van der Waals surface area contributed by atoms with Gasteiger partial charge in [0.2, 0.25) is 0 Å². The Morgan fingerprint density at radius 2 is 1.94 bits per heavy atom. The van der Waals surface area contributed by atoms with E-state index in [1.165, 1.54) is 17.0 Å². The second-order valence-electron chi connectivity index (χ2n) is 4.73. The molecule has 4 rings (SSSR count). The van der Waals surface area contributed by atoms with Gasteiger partial charge in [0.25, 0.3) is 0 Å². The molecule has 0 bridgehead atoms. The molecule has 2 aromatic rings. The molecule has 0 atom stereocenters. The van der Waals surface area contributed by atoms with Gasteiger partial charge in [-0.25, -0.2) is 0 Å². The minimum absolute atomic E-state index is 1.33. The van der Waals surface area contributed by atoms with E-state index in [2.05, 4.69) is 36.6 Å². The van der Waals surface area contributed by atoms with Crippen molar-refractivity contribution in [2.45, 2.75) is 19.0 Å². The van der Waals surface area contributed by atoms with Crippen molar-refractivity contribution >= 4 is 41.1 Å². The SMILES string of the molecule is Cc1cc2c(s1)-c1sccc1[Si]21CC=CC1. The molecule has 0 saturated heterocycles. The van der Waals surface area contributed by atoms with Crippen molar-refractivity contribution in [3.8, 4) is 9.75 Å². The van der Waals surface area contributed by atoms with Crippen LogP contribution < -0.4 is 10.4 Å². The maximum absolute atomic E-state index is 2.48. The molecule has 3 heteroatoms. The van der Waals surface area contributed by atoms with Crippen molar-refractivity contribution in [1.82, 2.24) is 0 Å². The molecular formula is C13H12S2Si. The van der Waals surface area contributed by atoms with Crippen LogP contribution in [0.15, 0.2) is 29.7 Å². The van der Waals surface area contributed by atoms with E-state index < -0.39 is 8.07 Å². The third-order valence-corrected chi connectivity index (χ3v) is 11.1. The Morgan fingerprint density at radius 1 is 1.12 bits per heavy atom. The van der Waals surface area contributed by atoms with Gasteiger partial charge in [-0.3, -0.25) is 0 Å². The molecule has 0 unspecified atom stereocenters. The normalized spacial score (nSPS) is 19.3. The van der Waals surface area contributed by atoms with Gasteiger partial charge in [-0.2, -0.15) is 0 Å². The van der Waals surface area contributed by atoms with E-state index in [1.54, 1.807) is 20.1 Å². The molecule has 0 amide bonds. The minimum Gasteiger partial charge on any atom is -0.143 e. The quantitative estimate of drug-likeness (QED) is 0.504. The van der Waals surface area contributed by atoms with Crippen LogP contribution in [0.2, 0.25) is 12.1 Å². The number of hydrogen-bond donors (Lipinski definition) is 0. The molecular weight excluding hydrogens is 248 g/mol. The predicted molar refractivity (Wildman–Crippen MR) is 76.1 cm³/mol. The zero-order valence-electron chi connectivity index (χ0n) is 9.12. The van der Waals surface area contributed by atoms with E-state index in [1.807, 2.05) is 22.7 Å². The number of rotatable bonds is 0. The summed E-state index contributed by atoms with van der Waals surface area (Å²) >= 11 is 3.95. The first kappa shape index (κ1) is 9.39. The fraction of sp³-hybridized carbons (Fsp3) is 0.231. The van der Waals surface area contributed by atoms with Crippen molar-refractivity contribution in [1.29, 1.82) is 0 Å². The maximum atomic E-state index is 2.48. The maximum Gasteiger partial charge on any atom is 0.129 e. The first-order valence-corrected chi connectivity index (χ1v) is 9.76. The predicted octanol–water partition coefficient (Wildman–Crippen LogP) is 3.23. The van der Waals surface area contributed by atoms with Crippen LogP contribution in [-0.4, -0.2) is 8.07 Å². The third kappa shape index (κ3) is 0.949. The number of hydrogen-bond acceptors (Lipinski definition) is 2. The van der Waals surface area contributed by atoms with Gasteiger partial charge in [-0.1, -0.05) is 18.2 Å². The van der Waals surface area contributed by atoms with Crippen molar-refractivity contribution < 1.29 is 0 Å². The zero-order valence-corrected chi connectivity index (χ0v) is 11.8. The average molecular weight is 260 g/mol. The van der Waals surface area contributed by atoms with Gasteiger partial charge in [0.05, 0.1) is 0 Å². The second kappa shape index (κ2) is 2.97. The summed E-state index contributed by atoms with van der Waals surface area (Å²) in [5.74, 6) is 0. The Balaban J connectivity index is 2.08. The molecule has 0 aliphatic carbocycles. The van der Waals surface area contributed by atoms with Gasteiger partial charge in [0.1, 0.15) is 8.07 Å². The highest BCUT2D eigenvalue weighted by Crippen LogP contribution is 2.41. The highest BCUT2D eigenvalue weighted by Gasteiger charge is 2.47. The highest BCUT2D eigenvalue weighted by molar-refractivity contribution is 7.28. The van der Waals surface area contributed by atoms with E-state index in [-0.39, 0.29) is 0 Å². The van der Waals surface area contributed by atoms with E-state index in [9.17, 15) is 0 Å². The molecule has 2 aromatic heterocycles. The molecule has 1 spiro atoms. The number of allylic oxidation sites excluding steroid dienone is 2. The molecule has 0 saturated carbocycles. The summed E-state index contributed by atoms with van der Waals surface area (Å²) < 4.78 is 0. The molecule has 0 radical (unpaired) electrons. The summed E-state index contributed by atoms with van der Waals surface area (Å²) in [7, 11) is -1.33. The van der Waals surface area contributed by atoms with Crippen LogP contribution in [0.5, 0.6) is 0 Å². The summed E-state index contributed by atoms with van der Waals surface area (Å²) in [4.78, 5) is 4.70. The van der Waals surface area contributed by atoms with E-state index >= 15 is 0 Å². The molecule has 0 nitrogen and oxygen atoms in total. The molecule has 0 aromatic carbocycles. The van der Waals surface area contributed by atoms with Gasteiger partial charge < -0.3 is 0 Å². The second-order valence-corrected chi connectivity index (χ2v) is 11.0. The van der Waals surface area contributed by atoms with Crippen LogP contribution >= 0.6 is 22.7 Å². The number of aryl methyl sites for hydroxylation is 1. The van der Waals surface area contributed by atoms with Gasteiger partial charge in [0.15, 0.2) is 0 Å². The lowest BCUT2D eigenvalue weighted by atomic mass is 10.4. The Morgan fingerprint density at radius 3 is 2.75 bits per heavy atom. The lowest BCUT2D eigenvalue weighted by Crippen LogP contribution is -2.52. The van der Waals surface area contributed by atoms with Crippen molar-refractivity contribution in [3.63, 3.8) is 0 Å². The summed E-state index contributed by atoms with van der Waals surface area (Å²) in [6, 6.07) is 7.55. The standard InChI is InChI=1S/C13H12S2Si/c1-9-8-11-13(15-9)12-10(4-5-14-12)16(11)6-2-3-7-16/h2-5,8H,6-7H2,1H3.